The van der Waals surface area contributed by atoms with Crippen LogP contribution < -0.4 is 0 Å². The fraction of sp³-hybridized carbons (Fsp3) is 0.476. The molecule has 0 bridgehead atoms. The molecule has 0 spiro atoms. The maximum atomic E-state index is 12.6. The molecule has 2 aliphatic rings. The zero-order valence-electron chi connectivity index (χ0n) is 16.5. The first-order valence-electron chi connectivity index (χ1n) is 9.89. The molecule has 2 amide bonds. The number of carbonyl (C=O) groups excluding carboxylic acids is 3. The van der Waals surface area contributed by atoms with E-state index in [1.54, 1.807) is 0 Å². The lowest BCUT2D eigenvalue weighted by molar-refractivity contribution is -0.159. The number of rotatable bonds is 5. The maximum Gasteiger partial charge on any atom is 0.329 e. The molecule has 2 fully saturated rings. The molecule has 2 aromatic rings. The smallest absolute Gasteiger partial charge is 0.329 e. The molecule has 1 aliphatic carbocycles. The zero-order chi connectivity index (χ0) is 20.5. The Morgan fingerprint density at radius 1 is 1.17 bits per heavy atom. The van der Waals surface area contributed by atoms with Crippen LogP contribution in [0.25, 0.3) is 11.4 Å². The summed E-state index contributed by atoms with van der Waals surface area (Å²) in [6.07, 6.45) is 3.29. The van der Waals surface area contributed by atoms with E-state index in [1.807, 2.05) is 31.2 Å². The molecule has 1 aromatic carbocycles. The summed E-state index contributed by atoms with van der Waals surface area (Å²) >= 11 is 0. The molecule has 0 N–H and O–H groups in total. The van der Waals surface area contributed by atoms with Gasteiger partial charge in [-0.25, -0.2) is 4.79 Å². The van der Waals surface area contributed by atoms with Crippen LogP contribution in [0.1, 0.15) is 44.1 Å². The number of benzene rings is 1. The Morgan fingerprint density at radius 2 is 1.79 bits per heavy atom. The first-order valence-corrected chi connectivity index (χ1v) is 9.89. The summed E-state index contributed by atoms with van der Waals surface area (Å²) in [5, 5.41) is 3.89. The zero-order valence-corrected chi connectivity index (χ0v) is 16.5. The van der Waals surface area contributed by atoms with Crippen molar-refractivity contribution in [1.29, 1.82) is 0 Å². The number of amides is 2. The van der Waals surface area contributed by atoms with Crippen molar-refractivity contribution in [1.82, 2.24) is 15.0 Å². The van der Waals surface area contributed by atoms with Crippen LogP contribution in [0.2, 0.25) is 0 Å². The van der Waals surface area contributed by atoms with Gasteiger partial charge < -0.3 is 9.26 Å². The lowest BCUT2D eigenvalue weighted by Crippen LogP contribution is -2.44. The highest BCUT2D eigenvalue weighted by Gasteiger charge is 2.51. The van der Waals surface area contributed by atoms with Crippen LogP contribution in [0.15, 0.2) is 28.8 Å². The van der Waals surface area contributed by atoms with E-state index >= 15 is 0 Å². The fourth-order valence-electron chi connectivity index (χ4n) is 4.06. The standard InChI is InChI=1S/C21H23N3O5/c1-12-7-9-14(10-8-12)18-22-17(29-23-18)11-28-21(27)13(2)24-19(25)15-5-3-4-6-16(15)20(24)26/h7-10,13,15-16H,3-6,11H2,1-2H3/t13-,15-,16+/m0/s1. The number of aromatic nitrogens is 2. The number of hydrogen-bond donors (Lipinski definition) is 0. The number of likely N-dealkylation sites (tertiary alicyclic amines) is 1. The van der Waals surface area contributed by atoms with Crippen molar-refractivity contribution in [2.75, 3.05) is 0 Å². The third-order valence-electron chi connectivity index (χ3n) is 5.72. The summed E-state index contributed by atoms with van der Waals surface area (Å²) < 4.78 is 10.4. The van der Waals surface area contributed by atoms with E-state index in [0.717, 1.165) is 28.9 Å². The molecule has 2 heterocycles. The number of fused-ring (bicyclic) bond motifs is 1. The van der Waals surface area contributed by atoms with Crippen LogP contribution in [0.4, 0.5) is 0 Å². The van der Waals surface area contributed by atoms with Crippen LogP contribution in [0, 0.1) is 18.8 Å². The minimum absolute atomic E-state index is 0.147. The molecule has 4 rings (SSSR count). The van der Waals surface area contributed by atoms with Gasteiger partial charge in [-0.05, 0) is 26.7 Å². The highest BCUT2D eigenvalue weighted by atomic mass is 16.6. The lowest BCUT2D eigenvalue weighted by Gasteiger charge is -2.21. The Kier molecular flexibility index (Phi) is 5.17. The second-order valence-corrected chi connectivity index (χ2v) is 7.71. The number of nitrogens with zero attached hydrogens (tertiary/aromatic N) is 3. The average molecular weight is 397 g/mol. The van der Waals surface area contributed by atoms with E-state index in [-0.39, 0.29) is 36.1 Å². The first-order chi connectivity index (χ1) is 14.0. The summed E-state index contributed by atoms with van der Waals surface area (Å²) in [4.78, 5) is 43.0. The SMILES string of the molecule is Cc1ccc(-c2noc(COC(=O)[C@H](C)N3C(=O)[C@H]4CCCC[C@H]4C3=O)n2)cc1. The summed E-state index contributed by atoms with van der Waals surface area (Å²) in [6, 6.07) is 6.66. The Hall–Kier alpha value is -3.03. The normalized spacial score (nSPS) is 22.5. The van der Waals surface area contributed by atoms with Gasteiger partial charge in [0.15, 0.2) is 6.61 Å². The third-order valence-corrected chi connectivity index (χ3v) is 5.72. The van der Waals surface area contributed by atoms with Gasteiger partial charge in [0, 0.05) is 5.56 Å². The minimum atomic E-state index is -0.972. The molecule has 8 nitrogen and oxygen atoms in total. The Morgan fingerprint density at radius 3 is 2.41 bits per heavy atom. The number of esters is 1. The maximum absolute atomic E-state index is 12.6. The summed E-state index contributed by atoms with van der Waals surface area (Å²) in [5.74, 6) is -1.22. The summed E-state index contributed by atoms with van der Waals surface area (Å²) in [6.45, 7) is 3.28. The van der Waals surface area contributed by atoms with E-state index in [1.165, 1.54) is 6.92 Å². The molecule has 1 aliphatic heterocycles. The molecule has 0 unspecified atom stereocenters. The van der Waals surface area contributed by atoms with Gasteiger partial charge >= 0.3 is 5.97 Å². The Labute approximate surface area is 168 Å². The molecule has 29 heavy (non-hydrogen) atoms. The highest BCUT2D eigenvalue weighted by molar-refractivity contribution is 6.07. The summed E-state index contributed by atoms with van der Waals surface area (Å²) in [5.41, 5.74) is 1.91. The van der Waals surface area contributed by atoms with Crippen molar-refractivity contribution in [2.45, 2.75) is 52.2 Å². The van der Waals surface area contributed by atoms with Gasteiger partial charge in [-0.1, -0.05) is 47.8 Å². The molecule has 1 saturated carbocycles. The molecule has 1 aromatic heterocycles. The molecule has 0 radical (unpaired) electrons. The predicted molar refractivity (Wildman–Crippen MR) is 101 cm³/mol. The van der Waals surface area contributed by atoms with E-state index < -0.39 is 12.0 Å². The molecule has 152 valence electrons. The van der Waals surface area contributed by atoms with Crippen molar-refractivity contribution in [3.8, 4) is 11.4 Å². The summed E-state index contributed by atoms with van der Waals surface area (Å²) in [7, 11) is 0. The van der Waals surface area contributed by atoms with Crippen molar-refractivity contribution < 1.29 is 23.6 Å². The van der Waals surface area contributed by atoms with E-state index in [9.17, 15) is 14.4 Å². The molecular weight excluding hydrogens is 374 g/mol. The van der Waals surface area contributed by atoms with Crippen LogP contribution in [-0.4, -0.2) is 38.9 Å². The van der Waals surface area contributed by atoms with Crippen molar-refractivity contribution in [3.63, 3.8) is 0 Å². The number of hydrogen-bond acceptors (Lipinski definition) is 7. The largest absolute Gasteiger partial charge is 0.454 e. The van der Waals surface area contributed by atoms with Crippen molar-refractivity contribution in [3.05, 3.63) is 35.7 Å². The van der Waals surface area contributed by atoms with E-state index in [4.69, 9.17) is 9.26 Å². The van der Waals surface area contributed by atoms with E-state index in [2.05, 4.69) is 10.1 Å². The minimum Gasteiger partial charge on any atom is -0.454 e. The predicted octanol–water partition coefficient (Wildman–Crippen LogP) is 2.65. The van der Waals surface area contributed by atoms with Crippen LogP contribution in [0.3, 0.4) is 0 Å². The Bertz CT molecular complexity index is 912. The van der Waals surface area contributed by atoms with Gasteiger partial charge in [0.25, 0.3) is 5.89 Å². The lowest BCUT2D eigenvalue weighted by atomic mass is 9.81. The monoisotopic (exact) mass is 397 g/mol. The van der Waals surface area contributed by atoms with Gasteiger partial charge in [0.2, 0.25) is 17.6 Å². The number of imide groups is 1. The molecule has 8 heteroatoms. The molecule has 3 atom stereocenters. The van der Waals surface area contributed by atoms with Gasteiger partial charge in [-0.15, -0.1) is 0 Å². The van der Waals surface area contributed by atoms with Gasteiger partial charge in [-0.2, -0.15) is 4.98 Å². The quantitative estimate of drug-likeness (QED) is 0.564. The number of aryl methyl sites for hydroxylation is 1. The number of ether oxygens (including phenoxy) is 1. The van der Waals surface area contributed by atoms with Crippen molar-refractivity contribution >= 4 is 17.8 Å². The van der Waals surface area contributed by atoms with Gasteiger partial charge in [0.1, 0.15) is 6.04 Å². The van der Waals surface area contributed by atoms with Crippen LogP contribution in [-0.2, 0) is 25.7 Å². The fourth-order valence-corrected chi connectivity index (χ4v) is 4.06. The second kappa shape index (κ2) is 7.77. The van der Waals surface area contributed by atoms with Crippen LogP contribution >= 0.6 is 0 Å². The highest BCUT2D eigenvalue weighted by Crippen LogP contribution is 2.38. The topological polar surface area (TPSA) is 103 Å². The number of carbonyl (C=O) groups is 3. The van der Waals surface area contributed by atoms with Gasteiger partial charge in [-0.3, -0.25) is 14.5 Å². The van der Waals surface area contributed by atoms with E-state index in [0.29, 0.717) is 18.7 Å². The Balaban J connectivity index is 1.38. The van der Waals surface area contributed by atoms with Crippen LogP contribution in [0.5, 0.6) is 0 Å². The van der Waals surface area contributed by atoms with Crippen molar-refractivity contribution in [2.24, 2.45) is 11.8 Å². The van der Waals surface area contributed by atoms with Gasteiger partial charge in [0.05, 0.1) is 11.8 Å². The second-order valence-electron chi connectivity index (χ2n) is 7.71. The molecule has 1 saturated heterocycles. The first kappa shape index (κ1) is 19.3. The third kappa shape index (κ3) is 3.66. The average Bonchev–Trinajstić information content (AvgIpc) is 3.30. The molecular formula is C21H23N3O5.